The Kier molecular flexibility index (Phi) is 1.60. The van der Waals surface area contributed by atoms with E-state index in [1.54, 1.807) is 20.7 Å². The van der Waals surface area contributed by atoms with Gasteiger partial charge in [0.05, 0.1) is 5.39 Å². The summed E-state index contributed by atoms with van der Waals surface area (Å²) in [6, 6.07) is 8.17. The summed E-state index contributed by atoms with van der Waals surface area (Å²) in [7, 11) is 3.35. The first kappa shape index (κ1) is 6.53. The summed E-state index contributed by atoms with van der Waals surface area (Å²) in [4.78, 5) is 0. The molecule has 0 fully saturated rings. The number of halogens is 1. The molecule has 2 rings (SSSR count). The number of benzene rings is 1. The van der Waals surface area contributed by atoms with Gasteiger partial charge in [-0.25, -0.2) is 0 Å². The van der Waals surface area contributed by atoms with E-state index in [-0.39, 0.29) is 0 Å². The second kappa shape index (κ2) is 2.46. The van der Waals surface area contributed by atoms with Gasteiger partial charge in [-0.3, -0.25) is 0 Å². The molecule has 1 aromatic heterocycles. The van der Waals surface area contributed by atoms with E-state index in [1.165, 1.54) is 10.1 Å². The van der Waals surface area contributed by atoms with Gasteiger partial charge in [-0.05, 0) is 6.07 Å². The van der Waals surface area contributed by atoms with Crippen molar-refractivity contribution in [3.63, 3.8) is 0 Å². The van der Waals surface area contributed by atoms with Gasteiger partial charge in [-0.1, -0.05) is 23.7 Å². The molecule has 0 saturated heterocycles. The van der Waals surface area contributed by atoms with Crippen molar-refractivity contribution in [1.82, 2.24) is 0 Å². The van der Waals surface area contributed by atoms with E-state index < -0.39 is 0 Å². The molecule has 0 amide bonds. The van der Waals surface area contributed by atoms with Crippen LogP contribution >= 0.6 is 32.3 Å². The van der Waals surface area contributed by atoms with Gasteiger partial charge < -0.3 is 0 Å². The predicted molar refractivity (Wildman–Crippen MR) is 49.1 cm³/mol. The Labute approximate surface area is 71.1 Å². The van der Waals surface area contributed by atoms with E-state index in [1.807, 2.05) is 18.2 Å². The summed E-state index contributed by atoms with van der Waals surface area (Å²) in [6.45, 7) is 0. The molecular formula is C7H4ClS2+. The third kappa shape index (κ3) is 0.926. The molecular weight excluding hydrogens is 184 g/mol. The number of hydrogen-bond donors (Lipinski definition) is 0. The highest BCUT2D eigenvalue weighted by atomic mass is 35.5. The van der Waals surface area contributed by atoms with Gasteiger partial charge in [0, 0.05) is 6.07 Å². The quantitative estimate of drug-likeness (QED) is 0.434. The standard InChI is InChI=1S/C7H4ClS2/c8-7-5-3-1-2-4-6(5)9-10-7/h1-4H/q+1. The van der Waals surface area contributed by atoms with Crippen LogP contribution in [0.4, 0.5) is 0 Å². The topological polar surface area (TPSA) is 0 Å². The van der Waals surface area contributed by atoms with Crippen LogP contribution in [0.25, 0.3) is 10.1 Å². The minimum absolute atomic E-state index is 0.903. The molecule has 50 valence electrons. The Bertz CT molecular complexity index is 353. The van der Waals surface area contributed by atoms with Crippen molar-refractivity contribution in [1.29, 1.82) is 0 Å². The normalized spacial score (nSPS) is 10.5. The fourth-order valence-corrected chi connectivity index (χ4v) is 3.42. The minimum atomic E-state index is 0.903. The molecule has 0 N–H and O–H groups in total. The van der Waals surface area contributed by atoms with Crippen LogP contribution in [-0.2, 0) is 0 Å². The molecule has 1 aromatic carbocycles. The number of hydrogen-bond acceptors (Lipinski definition) is 1. The monoisotopic (exact) mass is 187 g/mol. The Balaban J connectivity index is 2.93. The van der Waals surface area contributed by atoms with E-state index >= 15 is 0 Å². The van der Waals surface area contributed by atoms with Gasteiger partial charge in [-0.2, -0.15) is 0 Å². The van der Waals surface area contributed by atoms with Crippen LogP contribution in [0.2, 0.25) is 4.34 Å². The molecule has 0 aliphatic carbocycles. The highest BCUT2D eigenvalue weighted by molar-refractivity contribution is 7.73. The second-order valence-electron chi connectivity index (χ2n) is 1.94. The number of fused-ring (bicyclic) bond motifs is 1. The second-order valence-corrected chi connectivity index (χ2v) is 4.72. The lowest BCUT2D eigenvalue weighted by Gasteiger charge is -1.77. The van der Waals surface area contributed by atoms with Crippen molar-refractivity contribution in [3.05, 3.63) is 28.6 Å². The average Bonchev–Trinajstić information content (AvgIpc) is 2.34. The van der Waals surface area contributed by atoms with Crippen molar-refractivity contribution in [3.8, 4) is 0 Å². The zero-order chi connectivity index (χ0) is 6.97. The van der Waals surface area contributed by atoms with Crippen molar-refractivity contribution < 1.29 is 0 Å². The van der Waals surface area contributed by atoms with E-state index in [4.69, 9.17) is 11.6 Å². The molecule has 0 spiro atoms. The van der Waals surface area contributed by atoms with E-state index in [9.17, 15) is 0 Å². The van der Waals surface area contributed by atoms with Crippen molar-refractivity contribution in [2.24, 2.45) is 0 Å². The highest BCUT2D eigenvalue weighted by Gasteiger charge is 2.11. The maximum atomic E-state index is 5.90. The fraction of sp³-hybridized carbons (Fsp3) is 0. The highest BCUT2D eigenvalue weighted by Crippen LogP contribution is 2.34. The Morgan fingerprint density at radius 3 is 2.90 bits per heavy atom. The summed E-state index contributed by atoms with van der Waals surface area (Å²) < 4.78 is 2.18. The van der Waals surface area contributed by atoms with Gasteiger partial charge >= 0.3 is 10.3 Å². The largest absolute Gasteiger partial charge is 0.302 e. The molecule has 1 heterocycles. The van der Waals surface area contributed by atoms with Crippen LogP contribution in [0.5, 0.6) is 0 Å². The van der Waals surface area contributed by atoms with Crippen molar-refractivity contribution in [2.45, 2.75) is 0 Å². The SMILES string of the molecule is Clc1s[s+]c2ccccc12. The van der Waals surface area contributed by atoms with E-state index in [0.29, 0.717) is 0 Å². The van der Waals surface area contributed by atoms with Gasteiger partial charge in [0.15, 0.2) is 14.7 Å². The van der Waals surface area contributed by atoms with Gasteiger partial charge in [-0.15, -0.1) is 0 Å². The van der Waals surface area contributed by atoms with Crippen molar-refractivity contribution in [2.75, 3.05) is 0 Å². The van der Waals surface area contributed by atoms with E-state index in [2.05, 4.69) is 6.07 Å². The maximum absolute atomic E-state index is 5.90. The van der Waals surface area contributed by atoms with Gasteiger partial charge in [0.25, 0.3) is 4.70 Å². The molecule has 2 aromatic rings. The first-order chi connectivity index (χ1) is 4.88. The molecule has 0 radical (unpaired) electrons. The molecule has 3 heteroatoms. The third-order valence-electron chi connectivity index (χ3n) is 1.30. The molecule has 0 bridgehead atoms. The van der Waals surface area contributed by atoms with Crippen LogP contribution in [0.15, 0.2) is 24.3 Å². The molecule has 0 aliphatic heterocycles. The van der Waals surface area contributed by atoms with E-state index in [0.717, 1.165) is 4.34 Å². The predicted octanol–water partition coefficient (Wildman–Crippen LogP) is 3.90. The van der Waals surface area contributed by atoms with Crippen LogP contribution in [0.3, 0.4) is 0 Å². The molecule has 0 saturated carbocycles. The summed E-state index contributed by atoms with van der Waals surface area (Å²) in [6.07, 6.45) is 0. The van der Waals surface area contributed by atoms with Crippen LogP contribution in [0.1, 0.15) is 0 Å². The Hall–Kier alpha value is -0.180. The zero-order valence-electron chi connectivity index (χ0n) is 5.00. The lowest BCUT2D eigenvalue weighted by atomic mass is 10.3. The average molecular weight is 188 g/mol. The summed E-state index contributed by atoms with van der Waals surface area (Å²) in [5.41, 5.74) is 0. The molecule has 0 nitrogen and oxygen atoms in total. The fourth-order valence-electron chi connectivity index (χ4n) is 0.828. The lowest BCUT2D eigenvalue weighted by Crippen LogP contribution is -1.58. The molecule has 0 aliphatic rings. The first-order valence-electron chi connectivity index (χ1n) is 2.84. The van der Waals surface area contributed by atoms with Gasteiger partial charge in [0.1, 0.15) is 0 Å². The van der Waals surface area contributed by atoms with Gasteiger partial charge in [0.2, 0.25) is 0 Å². The third-order valence-corrected chi connectivity index (χ3v) is 4.29. The van der Waals surface area contributed by atoms with Crippen LogP contribution in [-0.4, -0.2) is 0 Å². The maximum Gasteiger partial charge on any atom is 0.302 e. The summed E-state index contributed by atoms with van der Waals surface area (Å²) in [5.74, 6) is 0. The van der Waals surface area contributed by atoms with Crippen LogP contribution in [0, 0.1) is 0 Å². The number of rotatable bonds is 0. The first-order valence-corrected chi connectivity index (χ1v) is 5.37. The Morgan fingerprint density at radius 2 is 2.10 bits per heavy atom. The molecule has 0 atom stereocenters. The van der Waals surface area contributed by atoms with Crippen LogP contribution < -0.4 is 0 Å². The molecule has 0 unspecified atom stereocenters. The Morgan fingerprint density at radius 1 is 1.30 bits per heavy atom. The summed E-state index contributed by atoms with van der Waals surface area (Å²) >= 11 is 5.90. The van der Waals surface area contributed by atoms with Crippen molar-refractivity contribution >= 4 is 42.4 Å². The minimum Gasteiger partial charge on any atom is -0.0663 e. The zero-order valence-corrected chi connectivity index (χ0v) is 7.39. The smallest absolute Gasteiger partial charge is 0.0663 e. The molecule has 10 heavy (non-hydrogen) atoms. The summed E-state index contributed by atoms with van der Waals surface area (Å²) in [5, 5.41) is 1.18. The lowest BCUT2D eigenvalue weighted by molar-refractivity contribution is 1.86.